The molecule has 0 fully saturated rings. The Morgan fingerprint density at radius 3 is 1.38 bits per heavy atom. The Hall–Kier alpha value is 0.220. The lowest BCUT2D eigenvalue weighted by Crippen LogP contribution is -1.82. The summed E-state index contributed by atoms with van der Waals surface area (Å²) < 4.78 is 0. The van der Waals surface area contributed by atoms with Crippen molar-refractivity contribution in [1.82, 2.24) is 0 Å². The van der Waals surface area contributed by atoms with Crippen molar-refractivity contribution in [1.29, 1.82) is 0 Å². The van der Waals surface area contributed by atoms with Crippen LogP contribution in [0.3, 0.4) is 0 Å². The normalized spacial score (nSPS) is 10.6. The number of rotatable bonds is 13. The first-order chi connectivity index (χ1) is 7.91. The molecule has 0 N–H and O–H groups in total. The van der Waals surface area contributed by atoms with E-state index in [4.69, 9.17) is 0 Å². The van der Waals surface area contributed by atoms with E-state index in [2.05, 4.69) is 22.5 Å². The molecule has 1 heteroatoms. The van der Waals surface area contributed by atoms with E-state index in [1.807, 2.05) is 6.08 Å². The van der Waals surface area contributed by atoms with Crippen LogP contribution in [0.5, 0.6) is 0 Å². The number of halogens is 1. The summed E-state index contributed by atoms with van der Waals surface area (Å²) in [6.07, 6.45) is 18.9. The van der Waals surface area contributed by atoms with Gasteiger partial charge < -0.3 is 0 Å². The molecule has 96 valence electrons. The first-order valence-electron chi connectivity index (χ1n) is 7.08. The number of unbranched alkanes of at least 4 members (excludes halogenated alkanes) is 11. The second-order valence-electron chi connectivity index (χ2n) is 4.66. The summed E-state index contributed by atoms with van der Waals surface area (Å²) in [5.74, 6) is 0. The average Bonchev–Trinajstić information content (AvgIpc) is 2.31. The molecule has 0 radical (unpaired) electrons. The average molecular weight is 289 g/mol. The van der Waals surface area contributed by atoms with Gasteiger partial charge in [0.15, 0.2) is 0 Å². The summed E-state index contributed by atoms with van der Waals surface area (Å²) >= 11 is 3.47. The van der Waals surface area contributed by atoms with Gasteiger partial charge in [-0.15, -0.1) is 6.58 Å². The molecule has 0 rings (SSSR count). The van der Waals surface area contributed by atoms with Gasteiger partial charge in [-0.25, -0.2) is 0 Å². The summed E-state index contributed by atoms with van der Waals surface area (Å²) in [6, 6.07) is 0. The molecule has 0 atom stereocenters. The lowest BCUT2D eigenvalue weighted by atomic mass is 10.1. The summed E-state index contributed by atoms with van der Waals surface area (Å²) in [4.78, 5) is 0. The molecule has 0 saturated carbocycles. The van der Waals surface area contributed by atoms with Crippen LogP contribution in [0.4, 0.5) is 0 Å². The van der Waals surface area contributed by atoms with Gasteiger partial charge in [-0.2, -0.15) is 0 Å². The zero-order valence-corrected chi connectivity index (χ0v) is 12.4. The van der Waals surface area contributed by atoms with Crippen LogP contribution >= 0.6 is 15.9 Å². The van der Waals surface area contributed by atoms with Gasteiger partial charge in [-0.3, -0.25) is 0 Å². The summed E-state index contributed by atoms with van der Waals surface area (Å²) in [5, 5.41) is 1.18. The third-order valence-electron chi connectivity index (χ3n) is 3.04. The molecule has 0 aliphatic carbocycles. The van der Waals surface area contributed by atoms with E-state index in [0.717, 1.165) is 0 Å². The zero-order chi connectivity index (χ0) is 11.9. The topological polar surface area (TPSA) is 0 Å². The van der Waals surface area contributed by atoms with Crippen molar-refractivity contribution in [2.45, 2.75) is 77.0 Å². The SMILES string of the molecule is C=CCCCCCCCCCCCCCBr. The molecule has 0 heterocycles. The molecule has 0 nitrogen and oxygen atoms in total. The molecule has 0 aromatic rings. The Labute approximate surface area is 111 Å². The van der Waals surface area contributed by atoms with E-state index in [9.17, 15) is 0 Å². The molecule has 0 saturated heterocycles. The van der Waals surface area contributed by atoms with Crippen LogP contribution < -0.4 is 0 Å². The highest BCUT2D eigenvalue weighted by molar-refractivity contribution is 9.09. The third-order valence-corrected chi connectivity index (χ3v) is 3.60. The second kappa shape index (κ2) is 15.2. The van der Waals surface area contributed by atoms with Crippen LogP contribution in [-0.4, -0.2) is 5.33 Å². The summed E-state index contributed by atoms with van der Waals surface area (Å²) in [6.45, 7) is 3.75. The summed E-state index contributed by atoms with van der Waals surface area (Å²) in [7, 11) is 0. The first kappa shape index (κ1) is 16.2. The standard InChI is InChI=1S/C15H29Br/c1-2-3-4-5-6-7-8-9-10-11-12-13-14-15-16/h2H,1,3-15H2. The van der Waals surface area contributed by atoms with Crippen LogP contribution in [0, 0.1) is 0 Å². The monoisotopic (exact) mass is 288 g/mol. The van der Waals surface area contributed by atoms with E-state index < -0.39 is 0 Å². The van der Waals surface area contributed by atoms with Gasteiger partial charge in [-0.05, 0) is 19.3 Å². The zero-order valence-electron chi connectivity index (χ0n) is 10.9. The molecule has 0 aromatic carbocycles. The Kier molecular flexibility index (Phi) is 15.4. The molecule has 16 heavy (non-hydrogen) atoms. The number of hydrogen-bond donors (Lipinski definition) is 0. The second-order valence-corrected chi connectivity index (χ2v) is 5.45. The smallest absolute Gasteiger partial charge is 0.00313 e. The highest BCUT2D eigenvalue weighted by Crippen LogP contribution is 2.12. The van der Waals surface area contributed by atoms with Crippen molar-refractivity contribution in [3.63, 3.8) is 0 Å². The van der Waals surface area contributed by atoms with Crippen LogP contribution in [-0.2, 0) is 0 Å². The predicted molar refractivity (Wildman–Crippen MR) is 79.4 cm³/mol. The Bertz CT molecular complexity index is 131. The predicted octanol–water partition coefficient (Wildman–Crippen LogP) is 6.25. The molecule has 0 aliphatic heterocycles. The van der Waals surface area contributed by atoms with Crippen molar-refractivity contribution in [3.05, 3.63) is 12.7 Å². The third kappa shape index (κ3) is 14.2. The van der Waals surface area contributed by atoms with Gasteiger partial charge in [-0.1, -0.05) is 79.8 Å². The van der Waals surface area contributed by atoms with Crippen molar-refractivity contribution in [2.24, 2.45) is 0 Å². The molecule has 0 unspecified atom stereocenters. The maximum absolute atomic E-state index is 3.75. The molecule has 0 aliphatic rings. The first-order valence-corrected chi connectivity index (χ1v) is 8.21. The van der Waals surface area contributed by atoms with Gasteiger partial charge in [0.05, 0.1) is 0 Å². The largest absolute Gasteiger partial charge is 0.103 e. The number of hydrogen-bond acceptors (Lipinski definition) is 0. The fraction of sp³-hybridized carbons (Fsp3) is 0.867. The van der Waals surface area contributed by atoms with Crippen LogP contribution in [0.25, 0.3) is 0 Å². The Morgan fingerprint density at radius 2 is 1.00 bits per heavy atom. The molecule has 0 bridgehead atoms. The van der Waals surface area contributed by atoms with Crippen LogP contribution in [0.1, 0.15) is 77.0 Å². The number of allylic oxidation sites excluding steroid dienone is 1. The van der Waals surface area contributed by atoms with E-state index >= 15 is 0 Å². The minimum absolute atomic E-state index is 1.18. The van der Waals surface area contributed by atoms with Gasteiger partial charge >= 0.3 is 0 Å². The minimum atomic E-state index is 1.18. The fourth-order valence-corrected chi connectivity index (χ4v) is 2.37. The van der Waals surface area contributed by atoms with E-state index in [1.165, 1.54) is 82.4 Å². The van der Waals surface area contributed by atoms with Crippen molar-refractivity contribution in [2.75, 3.05) is 5.33 Å². The van der Waals surface area contributed by atoms with Crippen LogP contribution in [0.15, 0.2) is 12.7 Å². The Balaban J connectivity index is 2.85. The lowest BCUT2D eigenvalue weighted by molar-refractivity contribution is 0.551. The van der Waals surface area contributed by atoms with Gasteiger partial charge in [0.25, 0.3) is 0 Å². The molecular formula is C15H29Br. The van der Waals surface area contributed by atoms with E-state index in [0.29, 0.717) is 0 Å². The van der Waals surface area contributed by atoms with Gasteiger partial charge in [0.1, 0.15) is 0 Å². The number of alkyl halides is 1. The van der Waals surface area contributed by atoms with Crippen molar-refractivity contribution >= 4 is 15.9 Å². The Morgan fingerprint density at radius 1 is 0.625 bits per heavy atom. The molecule has 0 spiro atoms. The molecule has 0 aromatic heterocycles. The quantitative estimate of drug-likeness (QED) is 0.213. The lowest BCUT2D eigenvalue weighted by Gasteiger charge is -2.01. The van der Waals surface area contributed by atoms with E-state index in [-0.39, 0.29) is 0 Å². The van der Waals surface area contributed by atoms with Crippen molar-refractivity contribution in [3.8, 4) is 0 Å². The van der Waals surface area contributed by atoms with Gasteiger partial charge in [0.2, 0.25) is 0 Å². The highest BCUT2D eigenvalue weighted by atomic mass is 79.9. The fourth-order valence-electron chi connectivity index (χ4n) is 1.97. The minimum Gasteiger partial charge on any atom is -0.103 e. The van der Waals surface area contributed by atoms with Crippen LogP contribution in [0.2, 0.25) is 0 Å². The van der Waals surface area contributed by atoms with E-state index in [1.54, 1.807) is 0 Å². The van der Waals surface area contributed by atoms with Crippen molar-refractivity contribution < 1.29 is 0 Å². The highest BCUT2D eigenvalue weighted by Gasteiger charge is 1.92. The maximum atomic E-state index is 3.75. The molecular weight excluding hydrogens is 260 g/mol. The maximum Gasteiger partial charge on any atom is 0.00313 e. The van der Waals surface area contributed by atoms with Gasteiger partial charge in [0, 0.05) is 5.33 Å². The molecule has 0 amide bonds. The summed E-state index contributed by atoms with van der Waals surface area (Å²) in [5.41, 5.74) is 0.